The highest BCUT2D eigenvalue weighted by Crippen LogP contribution is 2.25. The Morgan fingerprint density at radius 3 is 2.75 bits per heavy atom. The van der Waals surface area contributed by atoms with E-state index in [-0.39, 0.29) is 5.82 Å². The summed E-state index contributed by atoms with van der Waals surface area (Å²) in [6, 6.07) is 12.8. The molecule has 3 nitrogen and oxygen atoms in total. The number of aliphatic hydroxyl groups is 1. The van der Waals surface area contributed by atoms with Crippen molar-refractivity contribution in [3.8, 4) is 0 Å². The molecule has 3 rings (SSSR count). The van der Waals surface area contributed by atoms with Crippen LogP contribution >= 0.6 is 11.6 Å². The number of nitrogens with zero attached hydrogens (tertiary/aromatic N) is 1. The zero-order chi connectivity index (χ0) is 17.1. The molecule has 2 aromatic carbocycles. The third-order valence-corrected chi connectivity index (χ3v) is 4.37. The second-order valence-electron chi connectivity index (χ2n) is 5.98. The number of aliphatic hydroxyl groups excluding tert-OH is 1. The first-order valence-corrected chi connectivity index (χ1v) is 8.32. The fraction of sp³-hybridized carbons (Fsp3) is 0.263. The van der Waals surface area contributed by atoms with E-state index < -0.39 is 6.10 Å². The Hall–Kier alpha value is -1.88. The number of fused-ring (bicyclic) bond motifs is 1. The van der Waals surface area contributed by atoms with Gasteiger partial charge in [-0.2, -0.15) is 0 Å². The lowest BCUT2D eigenvalue weighted by atomic mass is 10.1. The highest BCUT2D eigenvalue weighted by molar-refractivity contribution is 6.31. The van der Waals surface area contributed by atoms with E-state index in [2.05, 4.69) is 5.32 Å². The summed E-state index contributed by atoms with van der Waals surface area (Å²) in [6.07, 6.45) is 1.62. The lowest BCUT2D eigenvalue weighted by molar-refractivity contribution is 0.191. The van der Waals surface area contributed by atoms with E-state index in [4.69, 9.17) is 11.6 Å². The predicted molar refractivity (Wildman–Crippen MR) is 95.8 cm³/mol. The summed E-state index contributed by atoms with van der Waals surface area (Å²) in [6.45, 7) is 3.29. The smallest absolute Gasteiger partial charge is 0.129 e. The van der Waals surface area contributed by atoms with Gasteiger partial charge in [0.15, 0.2) is 0 Å². The summed E-state index contributed by atoms with van der Waals surface area (Å²) in [7, 11) is 0. The number of nitrogens with one attached hydrogen (secondary N) is 1. The molecule has 1 aromatic heterocycles. The van der Waals surface area contributed by atoms with E-state index >= 15 is 0 Å². The molecule has 1 atom stereocenters. The molecule has 0 radical (unpaired) electrons. The number of halogens is 2. The van der Waals surface area contributed by atoms with Crippen molar-refractivity contribution < 1.29 is 9.50 Å². The van der Waals surface area contributed by atoms with Crippen LogP contribution in [0.1, 0.15) is 18.1 Å². The molecule has 2 N–H and O–H groups in total. The molecule has 0 aliphatic rings. The summed E-state index contributed by atoms with van der Waals surface area (Å²) in [5.74, 6) is -0.297. The maximum absolute atomic E-state index is 14.1. The largest absolute Gasteiger partial charge is 0.392 e. The summed E-state index contributed by atoms with van der Waals surface area (Å²) >= 11 is 6.16. The van der Waals surface area contributed by atoms with Crippen molar-refractivity contribution in [2.75, 3.05) is 6.54 Å². The summed E-state index contributed by atoms with van der Waals surface area (Å²) < 4.78 is 16.1. The Kier molecular flexibility index (Phi) is 5.19. The number of hydrogen-bond acceptors (Lipinski definition) is 2. The van der Waals surface area contributed by atoms with Crippen molar-refractivity contribution in [3.05, 3.63) is 70.6 Å². The minimum absolute atomic E-state index is 0.297. The SMILES string of the molecule is C[C@@H](O)CNCc1cn(Cc2c(F)cccc2Cl)c2ccccc12. The highest BCUT2D eigenvalue weighted by atomic mass is 35.5. The molecule has 0 bridgehead atoms. The fourth-order valence-corrected chi connectivity index (χ4v) is 3.09. The molecule has 0 amide bonds. The van der Waals surface area contributed by atoms with Gasteiger partial charge in [0.05, 0.1) is 12.6 Å². The topological polar surface area (TPSA) is 37.2 Å². The highest BCUT2D eigenvalue weighted by Gasteiger charge is 2.12. The van der Waals surface area contributed by atoms with Crippen LogP contribution in [0.2, 0.25) is 5.02 Å². The molecule has 0 spiro atoms. The van der Waals surface area contributed by atoms with Gasteiger partial charge < -0.3 is 15.0 Å². The third-order valence-electron chi connectivity index (χ3n) is 4.02. The van der Waals surface area contributed by atoms with Crippen LogP contribution < -0.4 is 5.32 Å². The molecular formula is C19H20ClFN2O. The molecule has 0 unspecified atom stereocenters. The van der Waals surface area contributed by atoms with Crippen LogP contribution in [0.3, 0.4) is 0 Å². The van der Waals surface area contributed by atoms with Gasteiger partial charge in [-0.05, 0) is 30.7 Å². The Bertz CT molecular complexity index is 824. The van der Waals surface area contributed by atoms with Crippen molar-refractivity contribution in [2.24, 2.45) is 0 Å². The van der Waals surface area contributed by atoms with E-state index in [1.165, 1.54) is 6.07 Å². The van der Waals surface area contributed by atoms with E-state index in [1.54, 1.807) is 19.1 Å². The van der Waals surface area contributed by atoms with Crippen LogP contribution in [-0.4, -0.2) is 22.3 Å². The second-order valence-corrected chi connectivity index (χ2v) is 6.39. The predicted octanol–water partition coefficient (Wildman–Crippen LogP) is 3.95. The zero-order valence-corrected chi connectivity index (χ0v) is 14.2. The van der Waals surface area contributed by atoms with Crippen LogP contribution in [0.25, 0.3) is 10.9 Å². The van der Waals surface area contributed by atoms with Gasteiger partial charge in [-0.15, -0.1) is 0 Å². The van der Waals surface area contributed by atoms with E-state index in [9.17, 15) is 9.50 Å². The van der Waals surface area contributed by atoms with Gasteiger partial charge in [-0.25, -0.2) is 4.39 Å². The van der Waals surface area contributed by atoms with Crippen LogP contribution in [0.5, 0.6) is 0 Å². The van der Waals surface area contributed by atoms with Crippen LogP contribution in [-0.2, 0) is 13.1 Å². The summed E-state index contributed by atoms with van der Waals surface area (Å²) in [5, 5.41) is 14.2. The minimum Gasteiger partial charge on any atom is -0.392 e. The lowest BCUT2D eigenvalue weighted by Gasteiger charge is -2.08. The van der Waals surface area contributed by atoms with Gasteiger partial charge in [0.2, 0.25) is 0 Å². The normalized spacial score (nSPS) is 12.7. The van der Waals surface area contributed by atoms with Crippen molar-refractivity contribution in [2.45, 2.75) is 26.1 Å². The molecule has 0 fully saturated rings. The molecule has 0 saturated heterocycles. The van der Waals surface area contributed by atoms with Gasteiger partial charge in [0.1, 0.15) is 5.82 Å². The van der Waals surface area contributed by atoms with Crippen molar-refractivity contribution in [1.29, 1.82) is 0 Å². The maximum Gasteiger partial charge on any atom is 0.129 e. The average Bonchev–Trinajstić information content (AvgIpc) is 2.89. The van der Waals surface area contributed by atoms with E-state index in [0.29, 0.717) is 30.2 Å². The van der Waals surface area contributed by atoms with Crippen LogP contribution in [0, 0.1) is 5.82 Å². The zero-order valence-electron chi connectivity index (χ0n) is 13.5. The first kappa shape index (κ1) is 17.0. The molecule has 5 heteroatoms. The van der Waals surface area contributed by atoms with E-state index in [0.717, 1.165) is 16.5 Å². The monoisotopic (exact) mass is 346 g/mol. The molecule has 24 heavy (non-hydrogen) atoms. The lowest BCUT2D eigenvalue weighted by Crippen LogP contribution is -2.23. The maximum atomic E-state index is 14.1. The minimum atomic E-state index is -0.393. The Morgan fingerprint density at radius 2 is 2.00 bits per heavy atom. The number of hydrogen-bond donors (Lipinski definition) is 2. The molecule has 0 aliphatic heterocycles. The number of para-hydroxylation sites is 1. The van der Waals surface area contributed by atoms with E-state index in [1.807, 2.05) is 35.0 Å². The second kappa shape index (κ2) is 7.34. The first-order valence-electron chi connectivity index (χ1n) is 7.94. The quantitative estimate of drug-likeness (QED) is 0.709. The Balaban J connectivity index is 1.93. The third kappa shape index (κ3) is 3.61. The van der Waals surface area contributed by atoms with Gasteiger partial charge in [0.25, 0.3) is 0 Å². The fourth-order valence-electron chi connectivity index (χ4n) is 2.86. The van der Waals surface area contributed by atoms with Gasteiger partial charge >= 0.3 is 0 Å². The summed E-state index contributed by atoms with van der Waals surface area (Å²) in [4.78, 5) is 0. The molecule has 1 heterocycles. The van der Waals surface area contributed by atoms with Crippen molar-refractivity contribution in [3.63, 3.8) is 0 Å². The number of aromatic nitrogens is 1. The average molecular weight is 347 g/mol. The standard InChI is InChI=1S/C19H20ClFN2O/c1-13(24)9-22-10-14-11-23(19-8-3-2-5-15(14)19)12-16-17(20)6-4-7-18(16)21/h2-8,11,13,22,24H,9-10,12H2,1H3/t13-/m1/s1. The van der Waals surface area contributed by atoms with Crippen molar-refractivity contribution in [1.82, 2.24) is 9.88 Å². The molecular weight excluding hydrogens is 327 g/mol. The Morgan fingerprint density at radius 1 is 1.21 bits per heavy atom. The van der Waals surface area contributed by atoms with Gasteiger partial charge in [-0.3, -0.25) is 0 Å². The van der Waals surface area contributed by atoms with Crippen LogP contribution in [0.15, 0.2) is 48.7 Å². The first-order chi connectivity index (χ1) is 11.6. The van der Waals surface area contributed by atoms with Crippen molar-refractivity contribution >= 4 is 22.5 Å². The number of rotatable bonds is 6. The van der Waals surface area contributed by atoms with Gasteiger partial charge in [-0.1, -0.05) is 35.9 Å². The molecule has 0 aliphatic carbocycles. The van der Waals surface area contributed by atoms with Crippen LogP contribution in [0.4, 0.5) is 4.39 Å². The summed E-state index contributed by atoms with van der Waals surface area (Å²) in [5.41, 5.74) is 2.63. The Labute approximate surface area is 145 Å². The van der Waals surface area contributed by atoms with Gasteiger partial charge in [0, 0.05) is 40.8 Å². The molecule has 126 valence electrons. The number of benzene rings is 2. The molecule has 3 aromatic rings. The molecule has 0 saturated carbocycles.